The van der Waals surface area contributed by atoms with E-state index in [2.05, 4.69) is 55.0 Å². The van der Waals surface area contributed by atoms with Crippen molar-refractivity contribution in [1.29, 1.82) is 0 Å². The predicted octanol–water partition coefficient (Wildman–Crippen LogP) is 2.59. The van der Waals surface area contributed by atoms with Gasteiger partial charge in [0.1, 0.15) is 5.82 Å². The smallest absolute Gasteiger partial charge is 0.153 e. The second-order valence-corrected chi connectivity index (χ2v) is 6.93. The van der Waals surface area contributed by atoms with Crippen molar-refractivity contribution in [3.8, 4) is 22.6 Å². The van der Waals surface area contributed by atoms with Gasteiger partial charge in [0.05, 0.1) is 18.9 Å². The standard InChI is InChI=1S/C21H22N6O/c1-2-17(19-4-5-20-22-7-9-27(20)24-19)16-18(3-1)21-23-6-8-26(21)11-10-25-12-14-28-15-13-25/h1-9,16H,10-15H2. The van der Waals surface area contributed by atoms with Crippen molar-refractivity contribution < 1.29 is 4.74 Å². The molecule has 4 heterocycles. The monoisotopic (exact) mass is 374 g/mol. The molecule has 0 amide bonds. The van der Waals surface area contributed by atoms with Crippen molar-refractivity contribution in [3.05, 3.63) is 61.2 Å². The number of aromatic nitrogens is 5. The molecule has 0 atom stereocenters. The normalized spacial score (nSPS) is 15.3. The van der Waals surface area contributed by atoms with Gasteiger partial charge in [-0.05, 0) is 18.2 Å². The predicted molar refractivity (Wildman–Crippen MR) is 107 cm³/mol. The molecule has 1 aliphatic heterocycles. The molecule has 1 fully saturated rings. The third-order valence-corrected chi connectivity index (χ3v) is 5.15. The number of morpholine rings is 1. The average molecular weight is 374 g/mol. The van der Waals surface area contributed by atoms with E-state index >= 15 is 0 Å². The lowest BCUT2D eigenvalue weighted by Crippen LogP contribution is -2.38. The summed E-state index contributed by atoms with van der Waals surface area (Å²) in [6, 6.07) is 12.4. The first-order valence-electron chi connectivity index (χ1n) is 9.59. The maximum Gasteiger partial charge on any atom is 0.153 e. The van der Waals surface area contributed by atoms with Gasteiger partial charge in [0.25, 0.3) is 0 Å². The van der Waals surface area contributed by atoms with Crippen molar-refractivity contribution in [3.63, 3.8) is 0 Å². The first kappa shape index (κ1) is 17.1. The molecule has 0 spiro atoms. The summed E-state index contributed by atoms with van der Waals surface area (Å²) in [6.45, 7) is 5.58. The van der Waals surface area contributed by atoms with Crippen LogP contribution in [0.2, 0.25) is 0 Å². The van der Waals surface area contributed by atoms with E-state index in [0.717, 1.165) is 67.7 Å². The van der Waals surface area contributed by atoms with Crippen molar-refractivity contribution in [1.82, 2.24) is 29.0 Å². The Morgan fingerprint density at radius 3 is 2.68 bits per heavy atom. The second-order valence-electron chi connectivity index (χ2n) is 6.93. The van der Waals surface area contributed by atoms with Crippen LogP contribution in [0.5, 0.6) is 0 Å². The Morgan fingerprint density at radius 2 is 1.75 bits per heavy atom. The zero-order valence-corrected chi connectivity index (χ0v) is 15.6. The quantitative estimate of drug-likeness (QED) is 0.537. The molecule has 0 saturated carbocycles. The Balaban J connectivity index is 1.39. The molecule has 142 valence electrons. The number of fused-ring (bicyclic) bond motifs is 1. The minimum atomic E-state index is 0.826. The number of imidazole rings is 2. The SMILES string of the molecule is c1cc(-c2ccc3nccn3n2)cc(-c2nccn2CCN2CCOCC2)c1. The lowest BCUT2D eigenvalue weighted by molar-refractivity contribution is 0.0364. The van der Waals surface area contributed by atoms with Gasteiger partial charge in [0.2, 0.25) is 0 Å². The molecule has 1 saturated heterocycles. The van der Waals surface area contributed by atoms with Crippen LogP contribution in [0.4, 0.5) is 0 Å². The van der Waals surface area contributed by atoms with Crippen LogP contribution in [0.25, 0.3) is 28.3 Å². The highest BCUT2D eigenvalue weighted by molar-refractivity contribution is 5.68. The first-order chi connectivity index (χ1) is 13.9. The molecule has 4 aromatic rings. The van der Waals surface area contributed by atoms with E-state index in [9.17, 15) is 0 Å². The molecule has 1 aliphatic rings. The number of rotatable bonds is 5. The highest BCUT2D eigenvalue weighted by Crippen LogP contribution is 2.24. The van der Waals surface area contributed by atoms with Gasteiger partial charge in [-0.15, -0.1) is 0 Å². The van der Waals surface area contributed by atoms with Crippen LogP contribution in [0.15, 0.2) is 61.2 Å². The molecule has 7 heteroatoms. The molecule has 0 radical (unpaired) electrons. The highest BCUT2D eigenvalue weighted by Gasteiger charge is 2.12. The summed E-state index contributed by atoms with van der Waals surface area (Å²) >= 11 is 0. The fraction of sp³-hybridized carbons (Fsp3) is 0.286. The van der Waals surface area contributed by atoms with Crippen molar-refractivity contribution in [2.24, 2.45) is 0 Å². The summed E-state index contributed by atoms with van der Waals surface area (Å²) in [5.74, 6) is 0.985. The summed E-state index contributed by atoms with van der Waals surface area (Å²) < 4.78 is 9.45. The zero-order chi connectivity index (χ0) is 18.8. The number of nitrogens with zero attached hydrogens (tertiary/aromatic N) is 6. The van der Waals surface area contributed by atoms with E-state index in [1.165, 1.54) is 0 Å². The molecule has 3 aromatic heterocycles. The molecular weight excluding hydrogens is 352 g/mol. The lowest BCUT2D eigenvalue weighted by atomic mass is 10.1. The average Bonchev–Trinajstić information content (AvgIpc) is 3.42. The molecule has 1 aromatic carbocycles. The molecule has 7 nitrogen and oxygen atoms in total. The molecule has 0 bridgehead atoms. The fourth-order valence-corrected chi connectivity index (χ4v) is 3.61. The third-order valence-electron chi connectivity index (χ3n) is 5.15. The Morgan fingerprint density at radius 1 is 0.893 bits per heavy atom. The topological polar surface area (TPSA) is 60.5 Å². The summed E-state index contributed by atoms with van der Waals surface area (Å²) in [7, 11) is 0. The van der Waals surface area contributed by atoms with E-state index in [0.29, 0.717) is 0 Å². The van der Waals surface area contributed by atoms with Crippen LogP contribution in [-0.2, 0) is 11.3 Å². The number of ether oxygens (including phenoxy) is 1. The van der Waals surface area contributed by atoms with Gasteiger partial charge in [-0.1, -0.05) is 18.2 Å². The highest BCUT2D eigenvalue weighted by atomic mass is 16.5. The van der Waals surface area contributed by atoms with Crippen LogP contribution >= 0.6 is 0 Å². The van der Waals surface area contributed by atoms with Gasteiger partial charge in [0, 0.05) is 62.1 Å². The summed E-state index contributed by atoms with van der Waals surface area (Å²) in [5.41, 5.74) is 3.92. The second kappa shape index (κ2) is 7.53. The first-order valence-corrected chi connectivity index (χ1v) is 9.59. The maximum atomic E-state index is 5.43. The Hall–Kier alpha value is -3.03. The molecular formula is C21H22N6O. The lowest BCUT2D eigenvalue weighted by Gasteiger charge is -2.26. The van der Waals surface area contributed by atoms with Gasteiger partial charge in [-0.2, -0.15) is 5.10 Å². The Labute approximate surface area is 163 Å². The van der Waals surface area contributed by atoms with Crippen LogP contribution in [0.3, 0.4) is 0 Å². The van der Waals surface area contributed by atoms with Crippen LogP contribution in [0.1, 0.15) is 0 Å². The van der Waals surface area contributed by atoms with E-state index < -0.39 is 0 Å². The van der Waals surface area contributed by atoms with Gasteiger partial charge in [-0.3, -0.25) is 4.90 Å². The number of hydrogen-bond acceptors (Lipinski definition) is 5. The van der Waals surface area contributed by atoms with Crippen molar-refractivity contribution in [2.75, 3.05) is 32.8 Å². The summed E-state index contributed by atoms with van der Waals surface area (Å²) in [5, 5.41) is 4.66. The van der Waals surface area contributed by atoms with E-state index in [-0.39, 0.29) is 0 Å². The summed E-state index contributed by atoms with van der Waals surface area (Å²) in [6.07, 6.45) is 7.55. The Bertz CT molecular complexity index is 1080. The fourth-order valence-electron chi connectivity index (χ4n) is 3.61. The van der Waals surface area contributed by atoms with E-state index in [1.807, 2.05) is 24.5 Å². The van der Waals surface area contributed by atoms with Crippen LogP contribution in [0, 0.1) is 0 Å². The summed E-state index contributed by atoms with van der Waals surface area (Å²) in [4.78, 5) is 11.3. The van der Waals surface area contributed by atoms with Crippen molar-refractivity contribution >= 4 is 5.65 Å². The van der Waals surface area contributed by atoms with Crippen LogP contribution < -0.4 is 0 Å². The molecule has 0 unspecified atom stereocenters. The minimum absolute atomic E-state index is 0.826. The van der Waals surface area contributed by atoms with Gasteiger partial charge in [-0.25, -0.2) is 14.5 Å². The Kier molecular flexibility index (Phi) is 4.60. The molecule has 0 aliphatic carbocycles. The van der Waals surface area contributed by atoms with Gasteiger partial charge < -0.3 is 9.30 Å². The molecule has 0 N–H and O–H groups in total. The van der Waals surface area contributed by atoms with E-state index in [1.54, 1.807) is 10.7 Å². The third kappa shape index (κ3) is 3.42. The zero-order valence-electron chi connectivity index (χ0n) is 15.6. The largest absolute Gasteiger partial charge is 0.379 e. The molecule has 28 heavy (non-hydrogen) atoms. The van der Waals surface area contributed by atoms with Crippen molar-refractivity contribution in [2.45, 2.75) is 6.54 Å². The molecule has 5 rings (SSSR count). The van der Waals surface area contributed by atoms with Gasteiger partial charge >= 0.3 is 0 Å². The maximum absolute atomic E-state index is 5.43. The van der Waals surface area contributed by atoms with E-state index in [4.69, 9.17) is 4.74 Å². The number of hydrogen-bond donors (Lipinski definition) is 0. The van der Waals surface area contributed by atoms with Crippen LogP contribution in [-0.4, -0.2) is 61.9 Å². The van der Waals surface area contributed by atoms with Gasteiger partial charge in [0.15, 0.2) is 5.65 Å². The number of benzene rings is 1. The minimum Gasteiger partial charge on any atom is -0.379 e.